The molecule has 0 aliphatic heterocycles. The van der Waals surface area contributed by atoms with Gasteiger partial charge in [0.1, 0.15) is 0 Å². The summed E-state index contributed by atoms with van der Waals surface area (Å²) in [6.07, 6.45) is 5.67. The summed E-state index contributed by atoms with van der Waals surface area (Å²) in [6.45, 7) is 16.7. The Hall–Kier alpha value is -2.17. The fourth-order valence-electron chi connectivity index (χ4n) is 5.03. The molecule has 2 aromatic rings. The molecule has 3 atom stereocenters. The number of carbonyl (C=O) groups is 1. The van der Waals surface area contributed by atoms with Gasteiger partial charge in [-0.15, -0.1) is 0 Å². The van der Waals surface area contributed by atoms with Crippen LogP contribution in [-0.4, -0.2) is 27.5 Å². The lowest BCUT2D eigenvalue weighted by atomic mass is 9.90. The minimum Gasteiger partial charge on any atom is -0.463 e. The Morgan fingerprint density at radius 3 is 1.88 bits per heavy atom. The van der Waals surface area contributed by atoms with Crippen LogP contribution in [0.3, 0.4) is 0 Å². The first-order valence-electron chi connectivity index (χ1n) is 12.7. The average molecular weight is 481 g/mol. The normalized spacial score (nSPS) is 15.1. The van der Waals surface area contributed by atoms with Gasteiger partial charge in [-0.3, -0.25) is 0 Å². The van der Waals surface area contributed by atoms with E-state index < -0.39 is 8.32 Å². The van der Waals surface area contributed by atoms with E-state index in [2.05, 4.69) is 102 Å². The van der Waals surface area contributed by atoms with Gasteiger partial charge in [0.05, 0.1) is 6.61 Å². The van der Waals surface area contributed by atoms with Crippen molar-refractivity contribution in [3.8, 4) is 0 Å². The summed E-state index contributed by atoms with van der Waals surface area (Å²) in [5, 5.41) is 2.64. The number of benzene rings is 2. The topological polar surface area (TPSA) is 35.5 Å². The monoisotopic (exact) mass is 480 g/mol. The first-order chi connectivity index (χ1) is 16.1. The van der Waals surface area contributed by atoms with Crippen molar-refractivity contribution in [2.45, 2.75) is 66.3 Å². The maximum Gasteiger partial charge on any atom is 0.330 e. The van der Waals surface area contributed by atoms with Crippen molar-refractivity contribution in [3.05, 3.63) is 72.8 Å². The molecule has 0 heterocycles. The zero-order chi connectivity index (χ0) is 25.2. The minimum atomic E-state index is -2.49. The fourth-order valence-corrected chi connectivity index (χ4v) is 9.72. The Morgan fingerprint density at radius 2 is 1.41 bits per heavy atom. The van der Waals surface area contributed by atoms with Crippen molar-refractivity contribution < 1.29 is 14.0 Å². The lowest BCUT2D eigenvalue weighted by molar-refractivity contribution is -0.137. The predicted molar refractivity (Wildman–Crippen MR) is 146 cm³/mol. The van der Waals surface area contributed by atoms with Crippen molar-refractivity contribution in [2.24, 2.45) is 17.8 Å². The van der Waals surface area contributed by atoms with Gasteiger partial charge >= 0.3 is 5.97 Å². The number of allylic oxidation sites excluding steroid dienone is 1. The Bertz CT molecular complexity index is 847. The van der Waals surface area contributed by atoms with E-state index >= 15 is 0 Å². The first-order valence-corrected chi connectivity index (χ1v) is 14.6. The van der Waals surface area contributed by atoms with Crippen LogP contribution < -0.4 is 10.4 Å². The molecule has 0 aliphatic carbocycles. The summed E-state index contributed by atoms with van der Waals surface area (Å²) in [5.74, 6) is 1.07. The molecule has 0 saturated carbocycles. The quantitative estimate of drug-likeness (QED) is 0.201. The van der Waals surface area contributed by atoms with Crippen LogP contribution in [0, 0.1) is 17.8 Å². The molecule has 0 N–H and O–H groups in total. The van der Waals surface area contributed by atoms with Crippen molar-refractivity contribution in [1.29, 1.82) is 0 Å². The van der Waals surface area contributed by atoms with E-state index in [0.717, 1.165) is 19.4 Å². The van der Waals surface area contributed by atoms with Gasteiger partial charge in [-0.05, 0) is 52.9 Å². The summed E-state index contributed by atoms with van der Waals surface area (Å²) in [7, 11) is -2.49. The Labute approximate surface area is 208 Å². The van der Waals surface area contributed by atoms with E-state index in [1.165, 1.54) is 10.4 Å². The smallest absolute Gasteiger partial charge is 0.330 e. The van der Waals surface area contributed by atoms with Crippen LogP contribution in [0.25, 0.3) is 0 Å². The van der Waals surface area contributed by atoms with Crippen molar-refractivity contribution in [1.82, 2.24) is 0 Å². The molecule has 0 saturated heterocycles. The molecule has 2 rings (SSSR count). The van der Waals surface area contributed by atoms with Gasteiger partial charge < -0.3 is 9.16 Å². The molecule has 0 aromatic heterocycles. The van der Waals surface area contributed by atoms with Gasteiger partial charge in [0.15, 0.2) is 0 Å². The highest BCUT2D eigenvalue weighted by molar-refractivity contribution is 6.99. The second kappa shape index (κ2) is 13.1. The highest BCUT2D eigenvalue weighted by atomic mass is 28.4. The second-order valence-electron chi connectivity index (χ2n) is 10.7. The largest absolute Gasteiger partial charge is 0.463 e. The van der Waals surface area contributed by atoms with Gasteiger partial charge in [-0.1, -0.05) is 108 Å². The third kappa shape index (κ3) is 7.68. The molecule has 34 heavy (non-hydrogen) atoms. The van der Waals surface area contributed by atoms with Crippen molar-refractivity contribution >= 4 is 24.7 Å². The summed E-state index contributed by atoms with van der Waals surface area (Å²) in [5.41, 5.74) is 0. The van der Waals surface area contributed by atoms with Crippen LogP contribution in [-0.2, 0) is 14.0 Å². The summed E-state index contributed by atoms with van der Waals surface area (Å²) >= 11 is 0. The molecule has 0 radical (unpaired) electrons. The van der Waals surface area contributed by atoms with Gasteiger partial charge in [0, 0.05) is 12.7 Å². The molecule has 0 fully saturated rings. The number of ether oxygens (including phenoxy) is 1. The Morgan fingerprint density at radius 1 is 0.882 bits per heavy atom. The molecule has 0 unspecified atom stereocenters. The Kier molecular flexibility index (Phi) is 10.8. The molecule has 0 bridgehead atoms. The zero-order valence-electron chi connectivity index (χ0n) is 22.2. The van der Waals surface area contributed by atoms with E-state index in [1.54, 1.807) is 6.08 Å². The molecule has 3 nitrogen and oxygen atoms in total. The molecule has 186 valence electrons. The van der Waals surface area contributed by atoms with E-state index in [1.807, 2.05) is 13.0 Å². The van der Waals surface area contributed by atoms with Crippen LogP contribution in [0.15, 0.2) is 72.8 Å². The summed E-state index contributed by atoms with van der Waals surface area (Å²) in [4.78, 5) is 11.6. The standard InChI is InChI=1S/C30H44O3Si/c1-8-32-29(31)20-19-24(2)21-25(3)22-26(4)23-33-34(30(5,6)7,27-15-11-9-12-16-27)28-17-13-10-14-18-28/h9-20,24-26H,8,21-23H2,1-7H3/b20-19+/t24-,25-,26-/m1/s1. The van der Waals surface area contributed by atoms with Gasteiger partial charge in [-0.25, -0.2) is 4.79 Å². The maximum absolute atomic E-state index is 11.6. The van der Waals surface area contributed by atoms with E-state index in [4.69, 9.17) is 9.16 Å². The van der Waals surface area contributed by atoms with Crippen LogP contribution >= 0.6 is 0 Å². The number of hydrogen-bond acceptors (Lipinski definition) is 3. The molecule has 2 aromatic carbocycles. The lowest BCUT2D eigenvalue weighted by Gasteiger charge is -2.43. The lowest BCUT2D eigenvalue weighted by Crippen LogP contribution is -2.66. The van der Waals surface area contributed by atoms with Crippen molar-refractivity contribution in [3.63, 3.8) is 0 Å². The molecule has 0 spiro atoms. The van der Waals surface area contributed by atoms with Crippen LogP contribution in [0.4, 0.5) is 0 Å². The molecule has 4 heteroatoms. The number of rotatable bonds is 12. The summed E-state index contributed by atoms with van der Waals surface area (Å²) in [6, 6.07) is 21.7. The number of esters is 1. The Balaban J connectivity index is 2.13. The van der Waals surface area contributed by atoms with Gasteiger partial charge in [-0.2, -0.15) is 0 Å². The van der Waals surface area contributed by atoms with Crippen LogP contribution in [0.1, 0.15) is 61.3 Å². The molecular weight excluding hydrogens is 436 g/mol. The van der Waals surface area contributed by atoms with Crippen molar-refractivity contribution in [2.75, 3.05) is 13.2 Å². The molecular formula is C30H44O3Si. The number of carbonyl (C=O) groups excluding carboxylic acids is 1. The SMILES string of the molecule is CCOC(=O)/C=C/[C@@H](C)C[C@@H](C)C[C@@H](C)CO[Si](c1ccccc1)(c1ccccc1)C(C)(C)C. The zero-order valence-corrected chi connectivity index (χ0v) is 23.2. The second-order valence-corrected chi connectivity index (χ2v) is 15.1. The first kappa shape index (κ1) is 28.1. The third-order valence-electron chi connectivity index (χ3n) is 6.43. The molecule has 0 aliphatic rings. The fraction of sp³-hybridized carbons (Fsp3) is 0.500. The highest BCUT2D eigenvalue weighted by Gasteiger charge is 2.50. The van der Waals surface area contributed by atoms with Crippen LogP contribution in [0.2, 0.25) is 5.04 Å². The van der Waals surface area contributed by atoms with Crippen LogP contribution in [0.5, 0.6) is 0 Å². The predicted octanol–water partition coefficient (Wildman–Crippen LogP) is 6.37. The highest BCUT2D eigenvalue weighted by Crippen LogP contribution is 2.37. The summed E-state index contributed by atoms with van der Waals surface area (Å²) < 4.78 is 12.1. The third-order valence-corrected chi connectivity index (χ3v) is 11.4. The average Bonchev–Trinajstić information content (AvgIpc) is 2.79. The van der Waals surface area contributed by atoms with E-state index in [9.17, 15) is 4.79 Å². The van der Waals surface area contributed by atoms with Gasteiger partial charge in [0.25, 0.3) is 8.32 Å². The van der Waals surface area contributed by atoms with E-state index in [-0.39, 0.29) is 11.0 Å². The maximum atomic E-state index is 11.6. The van der Waals surface area contributed by atoms with E-state index in [0.29, 0.717) is 24.4 Å². The molecule has 0 amide bonds. The number of hydrogen-bond donors (Lipinski definition) is 0. The van der Waals surface area contributed by atoms with Gasteiger partial charge in [0.2, 0.25) is 0 Å². The minimum absolute atomic E-state index is 0.00650.